The lowest BCUT2D eigenvalue weighted by molar-refractivity contribution is -0.152. The highest BCUT2D eigenvalue weighted by Crippen LogP contribution is 2.51. The molecule has 1 amide bonds. The molecule has 0 bridgehead atoms. The minimum absolute atomic E-state index is 0.105. The number of nitrogens with one attached hydrogen (secondary N) is 3. The second-order valence-corrected chi connectivity index (χ2v) is 9.65. The van der Waals surface area contributed by atoms with Crippen LogP contribution in [0.15, 0.2) is 36.7 Å². The van der Waals surface area contributed by atoms with Crippen molar-refractivity contribution in [3.8, 4) is 22.8 Å². The van der Waals surface area contributed by atoms with Gasteiger partial charge in [0.15, 0.2) is 5.75 Å². The molecule has 2 aliphatic heterocycles. The van der Waals surface area contributed by atoms with Gasteiger partial charge in [-0.25, -0.2) is 0 Å². The molecular weight excluding hydrogens is 456 g/mol. The van der Waals surface area contributed by atoms with Gasteiger partial charge in [0.05, 0.1) is 47.6 Å². The maximum Gasteiger partial charge on any atom is 0.255 e. The Morgan fingerprint density at radius 2 is 2.21 bits per heavy atom. The molecule has 176 valence electrons. The molecule has 3 atom stereocenters. The highest BCUT2D eigenvalue weighted by molar-refractivity contribution is 6.32. The number of benzene rings is 1. The zero-order valence-corrected chi connectivity index (χ0v) is 19.7. The Balaban J connectivity index is 1.46. The molecule has 4 heterocycles. The first-order chi connectivity index (χ1) is 16.5. The Labute approximate surface area is 202 Å². The molecule has 3 aliphatic rings. The van der Waals surface area contributed by atoms with Crippen molar-refractivity contribution in [2.45, 2.75) is 37.3 Å². The largest absolute Gasteiger partial charge is 0.493 e. The zero-order valence-electron chi connectivity index (χ0n) is 18.9. The summed E-state index contributed by atoms with van der Waals surface area (Å²) < 4.78 is 17.4. The molecule has 1 aliphatic carbocycles. The molecule has 1 aromatic carbocycles. The van der Waals surface area contributed by atoms with E-state index in [9.17, 15) is 4.79 Å². The molecule has 1 saturated carbocycles. The molecule has 9 heteroatoms. The minimum atomic E-state index is -0.293. The summed E-state index contributed by atoms with van der Waals surface area (Å²) in [5.74, 6) is 1.29. The summed E-state index contributed by atoms with van der Waals surface area (Å²) in [6.07, 6.45) is 5.28. The van der Waals surface area contributed by atoms with Crippen LogP contribution in [0.4, 0.5) is 11.4 Å². The van der Waals surface area contributed by atoms with E-state index in [0.717, 1.165) is 36.4 Å². The predicted octanol–water partition coefficient (Wildman–Crippen LogP) is 4.64. The van der Waals surface area contributed by atoms with Crippen molar-refractivity contribution in [1.29, 1.82) is 0 Å². The first-order valence-corrected chi connectivity index (χ1v) is 11.7. The summed E-state index contributed by atoms with van der Waals surface area (Å²) in [5, 5.41) is 7.01. The second-order valence-electron chi connectivity index (χ2n) is 9.24. The van der Waals surface area contributed by atoms with Crippen LogP contribution in [0, 0.1) is 0 Å². The van der Waals surface area contributed by atoms with E-state index in [1.807, 2.05) is 25.1 Å². The maximum atomic E-state index is 13.1. The zero-order chi connectivity index (χ0) is 23.4. The number of rotatable bonds is 7. The first-order valence-electron chi connectivity index (χ1n) is 11.3. The summed E-state index contributed by atoms with van der Waals surface area (Å²) in [5.41, 5.74) is 4.12. The third-order valence-corrected chi connectivity index (χ3v) is 7.13. The standard InChI is InChI=1S/C25H25ClN4O4/c1-25(7-9-34-25)12-33-18-11-27-8-6-13(18)21-22(28-16-5-3-4-15(26)23(16)32-2)19-20(30-21)14-10-17(14)29-24(19)31/h3-6,8,11,14,17,28,30H,7,9-10,12H2,1-2H3,(H,29,31). The predicted molar refractivity (Wildman–Crippen MR) is 128 cm³/mol. The van der Waals surface area contributed by atoms with Crippen LogP contribution in [0.3, 0.4) is 0 Å². The number of pyridine rings is 1. The number of anilines is 2. The third kappa shape index (κ3) is 3.49. The van der Waals surface area contributed by atoms with E-state index < -0.39 is 0 Å². The molecule has 3 unspecified atom stereocenters. The van der Waals surface area contributed by atoms with Crippen LogP contribution in [-0.4, -0.2) is 47.8 Å². The van der Waals surface area contributed by atoms with E-state index in [0.29, 0.717) is 40.1 Å². The van der Waals surface area contributed by atoms with Crippen molar-refractivity contribution in [3.05, 3.63) is 52.9 Å². The number of ether oxygens (including phenoxy) is 3. The molecular formula is C25H25ClN4O4. The van der Waals surface area contributed by atoms with Crippen LogP contribution in [-0.2, 0) is 4.74 Å². The number of carbonyl (C=O) groups is 1. The SMILES string of the molecule is COc1c(Cl)cccc1Nc1c(-c2ccncc2OCC2(C)CCO2)[nH]c2c1C(=O)NC1CC21. The monoisotopic (exact) mass is 480 g/mol. The van der Waals surface area contributed by atoms with Crippen molar-refractivity contribution in [1.82, 2.24) is 15.3 Å². The van der Waals surface area contributed by atoms with Crippen LogP contribution in [0.5, 0.6) is 11.5 Å². The lowest BCUT2D eigenvalue weighted by Gasteiger charge is -2.38. The molecule has 6 rings (SSSR count). The van der Waals surface area contributed by atoms with E-state index in [-0.39, 0.29) is 23.5 Å². The summed E-state index contributed by atoms with van der Waals surface area (Å²) >= 11 is 6.36. The fraction of sp³-hybridized carbons (Fsp3) is 0.360. The third-order valence-electron chi connectivity index (χ3n) is 6.83. The number of aromatic nitrogens is 2. The summed E-state index contributed by atoms with van der Waals surface area (Å²) in [4.78, 5) is 20.9. The van der Waals surface area contributed by atoms with E-state index >= 15 is 0 Å². The Morgan fingerprint density at radius 3 is 2.97 bits per heavy atom. The summed E-state index contributed by atoms with van der Waals surface area (Å²) in [6, 6.07) is 7.54. The van der Waals surface area contributed by atoms with Crippen LogP contribution in [0.25, 0.3) is 11.3 Å². The Hall–Kier alpha value is -3.23. The van der Waals surface area contributed by atoms with Crippen LogP contribution < -0.4 is 20.1 Å². The van der Waals surface area contributed by atoms with E-state index in [1.165, 1.54) is 0 Å². The number of para-hydroxylation sites is 1. The number of aromatic amines is 1. The van der Waals surface area contributed by atoms with Gasteiger partial charge < -0.3 is 29.8 Å². The van der Waals surface area contributed by atoms with Gasteiger partial charge in [-0.1, -0.05) is 17.7 Å². The van der Waals surface area contributed by atoms with Crippen LogP contribution in [0.1, 0.15) is 41.7 Å². The second kappa shape index (κ2) is 7.92. The first kappa shape index (κ1) is 21.3. The van der Waals surface area contributed by atoms with E-state index in [4.69, 9.17) is 25.8 Å². The smallest absolute Gasteiger partial charge is 0.255 e. The van der Waals surface area contributed by atoms with Crippen molar-refractivity contribution < 1.29 is 19.0 Å². The van der Waals surface area contributed by atoms with Gasteiger partial charge in [-0.3, -0.25) is 9.78 Å². The van der Waals surface area contributed by atoms with Gasteiger partial charge in [0, 0.05) is 35.8 Å². The number of nitrogens with zero attached hydrogens (tertiary/aromatic N) is 1. The molecule has 34 heavy (non-hydrogen) atoms. The number of halogens is 1. The fourth-order valence-electron chi connectivity index (χ4n) is 4.72. The van der Waals surface area contributed by atoms with E-state index in [2.05, 4.69) is 20.6 Å². The van der Waals surface area contributed by atoms with Gasteiger partial charge in [0.2, 0.25) is 0 Å². The molecule has 0 radical (unpaired) electrons. The topological polar surface area (TPSA) is 97.5 Å². The van der Waals surface area contributed by atoms with Gasteiger partial charge in [-0.2, -0.15) is 0 Å². The molecule has 2 aromatic heterocycles. The van der Waals surface area contributed by atoms with Crippen molar-refractivity contribution in [3.63, 3.8) is 0 Å². The van der Waals surface area contributed by atoms with Gasteiger partial charge in [-0.05, 0) is 31.5 Å². The number of amides is 1. The highest BCUT2D eigenvalue weighted by atomic mass is 35.5. The molecule has 2 fully saturated rings. The molecule has 1 saturated heterocycles. The van der Waals surface area contributed by atoms with Crippen molar-refractivity contribution in [2.24, 2.45) is 0 Å². The van der Waals surface area contributed by atoms with Crippen molar-refractivity contribution in [2.75, 3.05) is 25.6 Å². The minimum Gasteiger partial charge on any atom is -0.493 e. The molecule has 3 N–H and O–H groups in total. The van der Waals surface area contributed by atoms with Crippen LogP contribution in [0.2, 0.25) is 5.02 Å². The lowest BCUT2D eigenvalue weighted by atomic mass is 9.99. The number of hydrogen-bond donors (Lipinski definition) is 3. The van der Waals surface area contributed by atoms with Gasteiger partial charge in [0.25, 0.3) is 5.91 Å². The maximum absolute atomic E-state index is 13.1. The average Bonchev–Trinajstić information content (AvgIpc) is 3.49. The van der Waals surface area contributed by atoms with Gasteiger partial charge in [-0.15, -0.1) is 0 Å². The van der Waals surface area contributed by atoms with Crippen molar-refractivity contribution >= 4 is 28.9 Å². The Kier molecular flexibility index (Phi) is 4.97. The Bertz CT molecular complexity index is 1290. The molecule has 3 aromatic rings. The molecule has 0 spiro atoms. The normalized spacial score (nSPS) is 24.4. The van der Waals surface area contributed by atoms with Gasteiger partial charge in [0.1, 0.15) is 18.0 Å². The number of methoxy groups -OCH3 is 1. The lowest BCUT2D eigenvalue weighted by Crippen LogP contribution is -2.45. The summed E-state index contributed by atoms with van der Waals surface area (Å²) in [6.45, 7) is 3.20. The summed E-state index contributed by atoms with van der Waals surface area (Å²) in [7, 11) is 1.57. The number of hydrogen-bond acceptors (Lipinski definition) is 6. The van der Waals surface area contributed by atoms with Gasteiger partial charge >= 0.3 is 0 Å². The quantitative estimate of drug-likeness (QED) is 0.456. The fourth-order valence-corrected chi connectivity index (χ4v) is 4.97. The van der Waals surface area contributed by atoms with Crippen LogP contribution >= 0.6 is 11.6 Å². The number of fused-ring (bicyclic) bond motifs is 3. The highest BCUT2D eigenvalue weighted by Gasteiger charge is 2.48. The number of H-pyrrole nitrogens is 1. The average molecular weight is 481 g/mol. The Morgan fingerprint density at radius 1 is 1.35 bits per heavy atom. The number of carbonyl (C=O) groups excluding carboxylic acids is 1. The molecule has 8 nitrogen and oxygen atoms in total. The van der Waals surface area contributed by atoms with E-state index in [1.54, 1.807) is 25.6 Å².